The Bertz CT molecular complexity index is 644. The van der Waals surface area contributed by atoms with Crippen molar-refractivity contribution in [1.29, 1.82) is 0 Å². The highest BCUT2D eigenvalue weighted by Crippen LogP contribution is 2.26. The van der Waals surface area contributed by atoms with Gasteiger partial charge >= 0.3 is 0 Å². The number of hydrogen-bond acceptors (Lipinski definition) is 5. The summed E-state index contributed by atoms with van der Waals surface area (Å²) in [7, 11) is -3.06. The van der Waals surface area contributed by atoms with Gasteiger partial charge in [0.25, 0.3) is 0 Å². The molecule has 0 aromatic carbocycles. The highest BCUT2D eigenvalue weighted by atomic mass is 32.2. The van der Waals surface area contributed by atoms with E-state index in [4.69, 9.17) is 0 Å². The summed E-state index contributed by atoms with van der Waals surface area (Å²) >= 11 is 1.57. The zero-order valence-electron chi connectivity index (χ0n) is 13.6. The van der Waals surface area contributed by atoms with E-state index in [0.717, 1.165) is 10.7 Å². The first-order chi connectivity index (χ1) is 10.1. The van der Waals surface area contributed by atoms with Crippen molar-refractivity contribution in [3.8, 4) is 0 Å². The van der Waals surface area contributed by atoms with Crippen molar-refractivity contribution in [2.24, 2.45) is 0 Å². The molecule has 1 aromatic rings. The third-order valence-corrected chi connectivity index (χ3v) is 7.47. The predicted octanol–water partition coefficient (Wildman–Crippen LogP) is 2.02. The molecule has 2 heterocycles. The van der Waals surface area contributed by atoms with Crippen LogP contribution in [0.15, 0.2) is 5.38 Å². The molecule has 124 valence electrons. The second-order valence-electron chi connectivity index (χ2n) is 6.92. The Morgan fingerprint density at radius 1 is 1.41 bits per heavy atom. The third-order valence-electron chi connectivity index (χ3n) is 3.94. The number of carbonyl (C=O) groups is 1. The monoisotopic (exact) mass is 344 g/mol. The summed E-state index contributed by atoms with van der Waals surface area (Å²) in [6.45, 7) is 8.81. The fraction of sp³-hybridized carbons (Fsp3) is 0.733. The lowest BCUT2D eigenvalue weighted by Gasteiger charge is -2.19. The fourth-order valence-electron chi connectivity index (χ4n) is 2.32. The summed E-state index contributed by atoms with van der Waals surface area (Å²) in [4.78, 5) is 18.6. The Balaban J connectivity index is 2.02. The van der Waals surface area contributed by atoms with Crippen LogP contribution in [0.1, 0.15) is 44.8 Å². The second-order valence-corrected chi connectivity index (χ2v) is 10.3. The molecule has 0 bridgehead atoms. The number of amides is 1. The molecule has 0 aliphatic carbocycles. The second kappa shape index (κ2) is 6.28. The maximum atomic E-state index is 12.4. The summed E-state index contributed by atoms with van der Waals surface area (Å²) in [6.07, 6.45) is 0.763. The molecule has 0 N–H and O–H groups in total. The van der Waals surface area contributed by atoms with Gasteiger partial charge in [-0.05, 0) is 13.3 Å². The van der Waals surface area contributed by atoms with E-state index in [1.807, 2.05) is 5.38 Å². The van der Waals surface area contributed by atoms with Crippen LogP contribution in [0.5, 0.6) is 0 Å². The van der Waals surface area contributed by atoms with Gasteiger partial charge in [-0.1, -0.05) is 20.8 Å². The van der Waals surface area contributed by atoms with E-state index in [1.54, 1.807) is 23.2 Å². The Kier molecular flexibility index (Phi) is 4.96. The molecule has 0 radical (unpaired) electrons. The van der Waals surface area contributed by atoms with Gasteiger partial charge < -0.3 is 4.90 Å². The molecular formula is C15H24N2O3S2. The molecular weight excluding hydrogens is 320 g/mol. The van der Waals surface area contributed by atoms with Crippen molar-refractivity contribution >= 4 is 27.1 Å². The zero-order valence-corrected chi connectivity index (χ0v) is 15.3. The first-order valence-corrected chi connectivity index (χ1v) is 10.1. The van der Waals surface area contributed by atoms with E-state index in [-0.39, 0.29) is 28.7 Å². The van der Waals surface area contributed by atoms with Crippen molar-refractivity contribution < 1.29 is 13.2 Å². The Morgan fingerprint density at radius 3 is 2.68 bits per heavy atom. The van der Waals surface area contributed by atoms with E-state index in [0.29, 0.717) is 19.5 Å². The largest absolute Gasteiger partial charge is 0.341 e. The maximum absolute atomic E-state index is 12.4. The quantitative estimate of drug-likeness (QED) is 0.823. The normalized spacial score (nSPS) is 22.4. The molecule has 1 amide bonds. The van der Waals surface area contributed by atoms with Crippen molar-refractivity contribution in [2.75, 3.05) is 18.8 Å². The van der Waals surface area contributed by atoms with Crippen LogP contribution in [0.3, 0.4) is 0 Å². The minimum absolute atomic E-state index is 0.0158. The average Bonchev–Trinajstić information content (AvgIpc) is 2.81. The van der Waals surface area contributed by atoms with Crippen molar-refractivity contribution in [2.45, 2.75) is 51.2 Å². The molecule has 0 saturated carbocycles. The SMILES string of the molecule is CC1CCN(C(=O)Cc2csc(C(C)(C)C)n2)CCS1(=O)=O. The highest BCUT2D eigenvalue weighted by Gasteiger charge is 2.28. The van der Waals surface area contributed by atoms with Crippen molar-refractivity contribution in [3.05, 3.63) is 16.1 Å². The summed E-state index contributed by atoms with van der Waals surface area (Å²) in [5.74, 6) is 0.0274. The summed E-state index contributed by atoms with van der Waals surface area (Å²) in [6, 6.07) is 0. The number of nitrogens with zero attached hydrogens (tertiary/aromatic N) is 2. The smallest absolute Gasteiger partial charge is 0.228 e. The number of rotatable bonds is 2. The Hall–Kier alpha value is -0.950. The Morgan fingerprint density at radius 2 is 2.09 bits per heavy atom. The molecule has 1 fully saturated rings. The summed E-state index contributed by atoms with van der Waals surface area (Å²) in [5.41, 5.74) is 0.762. The number of carbonyl (C=O) groups excluding carboxylic acids is 1. The van der Waals surface area contributed by atoms with Crippen molar-refractivity contribution in [3.63, 3.8) is 0 Å². The lowest BCUT2D eigenvalue weighted by molar-refractivity contribution is -0.130. The highest BCUT2D eigenvalue weighted by molar-refractivity contribution is 7.92. The number of thiazole rings is 1. The standard InChI is InChI=1S/C15H24N2O3S2/c1-11-5-6-17(7-8-22(11,19)20)13(18)9-12-10-21-14(16-12)15(2,3)4/h10-11H,5-9H2,1-4H3. The average molecular weight is 345 g/mol. The van der Waals surface area contributed by atoms with Gasteiger partial charge in [-0.25, -0.2) is 13.4 Å². The van der Waals surface area contributed by atoms with E-state index in [9.17, 15) is 13.2 Å². The first-order valence-electron chi connectivity index (χ1n) is 7.54. The summed E-state index contributed by atoms with van der Waals surface area (Å²) < 4.78 is 23.8. The number of sulfone groups is 1. The molecule has 7 heteroatoms. The lowest BCUT2D eigenvalue weighted by atomic mass is 9.98. The van der Waals surface area contributed by atoms with Gasteiger partial charge in [0.1, 0.15) is 0 Å². The minimum atomic E-state index is -3.06. The minimum Gasteiger partial charge on any atom is -0.341 e. The first kappa shape index (κ1) is 17.4. The van der Waals surface area contributed by atoms with Crippen LogP contribution in [-0.4, -0.2) is 48.3 Å². The van der Waals surface area contributed by atoms with Gasteiger partial charge in [0.15, 0.2) is 9.84 Å². The van der Waals surface area contributed by atoms with E-state index in [2.05, 4.69) is 25.8 Å². The van der Waals surface area contributed by atoms with Crippen LogP contribution < -0.4 is 0 Å². The van der Waals surface area contributed by atoms with E-state index in [1.165, 1.54) is 0 Å². The molecule has 1 atom stereocenters. The number of aromatic nitrogens is 1. The molecule has 1 saturated heterocycles. The van der Waals surface area contributed by atoms with Gasteiger partial charge in [-0.2, -0.15) is 0 Å². The van der Waals surface area contributed by atoms with Crippen molar-refractivity contribution in [1.82, 2.24) is 9.88 Å². The molecule has 2 rings (SSSR count). The molecule has 1 aliphatic heterocycles. The molecule has 1 unspecified atom stereocenters. The van der Waals surface area contributed by atoms with Gasteiger partial charge in [-0.15, -0.1) is 11.3 Å². The predicted molar refractivity (Wildman–Crippen MR) is 89.0 cm³/mol. The summed E-state index contributed by atoms with van der Waals surface area (Å²) in [5, 5.41) is 2.58. The lowest BCUT2D eigenvalue weighted by Crippen LogP contribution is -2.34. The molecule has 1 aliphatic rings. The fourth-order valence-corrected chi connectivity index (χ4v) is 4.57. The van der Waals surface area contributed by atoms with Crippen LogP contribution in [-0.2, 0) is 26.5 Å². The zero-order chi connectivity index (χ0) is 16.5. The van der Waals surface area contributed by atoms with Gasteiger partial charge in [0.2, 0.25) is 5.91 Å². The van der Waals surface area contributed by atoms with Crippen LogP contribution in [0.2, 0.25) is 0 Å². The van der Waals surface area contributed by atoms with Gasteiger partial charge in [0.05, 0.1) is 28.1 Å². The molecule has 1 aromatic heterocycles. The van der Waals surface area contributed by atoms with Gasteiger partial charge in [0, 0.05) is 23.9 Å². The van der Waals surface area contributed by atoms with Crippen LogP contribution in [0.25, 0.3) is 0 Å². The molecule has 0 spiro atoms. The van der Waals surface area contributed by atoms with Gasteiger partial charge in [-0.3, -0.25) is 4.79 Å². The van der Waals surface area contributed by atoms with E-state index < -0.39 is 9.84 Å². The topological polar surface area (TPSA) is 67.3 Å². The number of hydrogen-bond donors (Lipinski definition) is 0. The molecule has 5 nitrogen and oxygen atoms in total. The van der Waals surface area contributed by atoms with Crippen LogP contribution in [0, 0.1) is 0 Å². The van der Waals surface area contributed by atoms with Crippen LogP contribution >= 0.6 is 11.3 Å². The third kappa shape index (κ3) is 4.07. The maximum Gasteiger partial charge on any atom is 0.228 e. The Labute approximate surface area is 136 Å². The van der Waals surface area contributed by atoms with E-state index >= 15 is 0 Å². The molecule has 22 heavy (non-hydrogen) atoms. The van der Waals surface area contributed by atoms with Crippen LogP contribution in [0.4, 0.5) is 0 Å².